The molecule has 2 aliphatic rings. The normalized spacial score (nSPS) is 24.2. The summed E-state index contributed by atoms with van der Waals surface area (Å²) < 4.78 is 10.4. The van der Waals surface area contributed by atoms with Crippen molar-refractivity contribution in [3.05, 3.63) is 23.9 Å². The molecule has 3 heterocycles. The number of amides is 3. The largest absolute Gasteiger partial charge is 0.465 e. The molecule has 0 bridgehead atoms. The van der Waals surface area contributed by atoms with Crippen molar-refractivity contribution in [3.63, 3.8) is 0 Å². The van der Waals surface area contributed by atoms with E-state index in [2.05, 4.69) is 33.9 Å². The number of β-amino-alcohol motifs (C(OH)–C–C–N with tert-alkyl or cyclic N) is 1. The number of rotatable bonds is 10. The summed E-state index contributed by atoms with van der Waals surface area (Å²) in [5.41, 5.74) is 5.19. The molecule has 1 aromatic heterocycles. The summed E-state index contributed by atoms with van der Waals surface area (Å²) >= 11 is 0. The van der Waals surface area contributed by atoms with Crippen molar-refractivity contribution in [2.45, 2.75) is 71.3 Å². The van der Waals surface area contributed by atoms with Crippen LogP contribution in [0.2, 0.25) is 0 Å². The van der Waals surface area contributed by atoms with Crippen LogP contribution in [0.5, 0.6) is 0 Å². The van der Waals surface area contributed by atoms with Crippen molar-refractivity contribution in [2.24, 2.45) is 11.1 Å². The Hall–Kier alpha value is -3.29. The van der Waals surface area contributed by atoms with Crippen LogP contribution in [0.3, 0.4) is 0 Å². The molecular weight excluding hydrogens is 532 g/mol. The lowest BCUT2D eigenvalue weighted by Crippen LogP contribution is -2.58. The van der Waals surface area contributed by atoms with E-state index in [-0.39, 0.29) is 31.7 Å². The Kier molecular flexibility index (Phi) is 10.7. The monoisotopic (exact) mass is 576 g/mol. The fraction of sp³-hybridized carbons (Fsp3) is 0.679. The number of aliphatic hydroxyl groups excluding tert-OH is 1. The van der Waals surface area contributed by atoms with E-state index >= 15 is 0 Å². The molecule has 0 spiro atoms. The zero-order chi connectivity index (χ0) is 30.5. The number of hydrogen-bond acceptors (Lipinski definition) is 10. The summed E-state index contributed by atoms with van der Waals surface area (Å²) in [6, 6.07) is 2.02. The standard InChI is InChI=1S/C28H44N6O7/c1-17-13-32(14-18(2)34(17)22-8-7-19(12-30-22)27(39)40-6)9-10-41-16-23(36)31-24(28(3,4)5)26(38)33-15-20(35)11-21(33)25(29)37/h7-8,12,17-18,20-21,24,35H,9-11,13-16H2,1-6H3,(H2,29,37)(H,31,36)/t17-,18+,20-,21?,24-/m1/s1. The van der Waals surface area contributed by atoms with Gasteiger partial charge in [0.2, 0.25) is 17.7 Å². The van der Waals surface area contributed by atoms with Gasteiger partial charge in [-0.2, -0.15) is 0 Å². The van der Waals surface area contributed by atoms with Gasteiger partial charge in [-0.05, 0) is 31.4 Å². The molecule has 0 saturated carbocycles. The molecule has 3 amide bonds. The van der Waals surface area contributed by atoms with Gasteiger partial charge in [0, 0.05) is 50.9 Å². The van der Waals surface area contributed by atoms with Gasteiger partial charge in [0.05, 0.1) is 25.4 Å². The van der Waals surface area contributed by atoms with Crippen LogP contribution in [0.25, 0.3) is 0 Å². The first-order valence-corrected chi connectivity index (χ1v) is 13.9. The van der Waals surface area contributed by atoms with Crippen molar-refractivity contribution in [1.29, 1.82) is 0 Å². The number of nitrogens with two attached hydrogens (primary N) is 1. The first kappa shape index (κ1) is 32.2. The molecule has 1 aromatic rings. The van der Waals surface area contributed by atoms with Crippen molar-refractivity contribution in [2.75, 3.05) is 51.4 Å². The second kappa shape index (κ2) is 13.6. The number of ether oxygens (including phenoxy) is 2. The molecule has 2 saturated heterocycles. The highest BCUT2D eigenvalue weighted by Crippen LogP contribution is 2.26. The maximum atomic E-state index is 13.3. The van der Waals surface area contributed by atoms with Crippen LogP contribution >= 0.6 is 0 Å². The molecule has 2 aliphatic heterocycles. The Morgan fingerprint density at radius 3 is 2.34 bits per heavy atom. The lowest BCUT2D eigenvalue weighted by Gasteiger charge is -2.45. The van der Waals surface area contributed by atoms with E-state index in [9.17, 15) is 24.3 Å². The molecule has 3 rings (SSSR count). The number of hydrogen-bond donors (Lipinski definition) is 3. The summed E-state index contributed by atoms with van der Waals surface area (Å²) in [5, 5.41) is 12.7. The van der Waals surface area contributed by atoms with Gasteiger partial charge in [0.1, 0.15) is 24.5 Å². The van der Waals surface area contributed by atoms with Crippen LogP contribution in [-0.4, -0.2) is 120 Å². The molecule has 0 radical (unpaired) electrons. The summed E-state index contributed by atoms with van der Waals surface area (Å²) in [6.07, 6.45) is 0.763. The third-order valence-corrected chi connectivity index (χ3v) is 7.52. The van der Waals surface area contributed by atoms with Crippen molar-refractivity contribution < 1.29 is 33.8 Å². The molecule has 0 aliphatic carbocycles. The molecule has 228 valence electrons. The average Bonchev–Trinajstić information content (AvgIpc) is 3.30. The number of anilines is 1. The number of aliphatic hydroxyl groups is 1. The van der Waals surface area contributed by atoms with Crippen LogP contribution < -0.4 is 16.0 Å². The highest BCUT2D eigenvalue weighted by atomic mass is 16.5. The number of carbonyl (C=O) groups excluding carboxylic acids is 4. The smallest absolute Gasteiger partial charge is 0.339 e. The number of nitrogens with one attached hydrogen (secondary N) is 1. The van der Waals surface area contributed by atoms with Crippen molar-refractivity contribution in [3.8, 4) is 0 Å². The number of nitrogens with zero attached hydrogens (tertiary/aromatic N) is 4. The van der Waals surface area contributed by atoms with Gasteiger partial charge in [-0.1, -0.05) is 20.8 Å². The SMILES string of the molecule is COC(=O)c1ccc(N2[C@H](C)CN(CCOCC(=O)N[C@H](C(=O)N3C[C@H](O)CC3C(N)=O)C(C)(C)C)C[C@@H]2C)nc1. The fourth-order valence-corrected chi connectivity index (χ4v) is 5.55. The van der Waals surface area contributed by atoms with Crippen molar-refractivity contribution in [1.82, 2.24) is 20.1 Å². The van der Waals surface area contributed by atoms with E-state index in [0.29, 0.717) is 18.7 Å². The highest BCUT2D eigenvalue weighted by molar-refractivity contribution is 5.93. The third-order valence-electron chi connectivity index (χ3n) is 7.52. The Morgan fingerprint density at radius 2 is 1.80 bits per heavy atom. The number of pyridine rings is 1. The van der Waals surface area contributed by atoms with Gasteiger partial charge in [0.25, 0.3) is 0 Å². The number of primary amides is 1. The Labute approximate surface area is 241 Å². The average molecular weight is 577 g/mol. The number of aromatic nitrogens is 1. The second-order valence-corrected chi connectivity index (χ2v) is 12.0. The number of likely N-dealkylation sites (tertiary alicyclic amines) is 1. The van der Waals surface area contributed by atoms with Gasteiger partial charge in [-0.15, -0.1) is 0 Å². The Bertz CT molecular complexity index is 1080. The molecular formula is C28H44N6O7. The third kappa shape index (κ3) is 8.14. The number of carbonyl (C=O) groups is 4. The summed E-state index contributed by atoms with van der Waals surface area (Å²) in [6.45, 7) is 11.9. The molecule has 13 nitrogen and oxygen atoms in total. The lowest BCUT2D eigenvalue weighted by atomic mass is 9.85. The van der Waals surface area contributed by atoms with Gasteiger partial charge in [0.15, 0.2) is 0 Å². The molecule has 2 fully saturated rings. The first-order chi connectivity index (χ1) is 19.2. The first-order valence-electron chi connectivity index (χ1n) is 13.9. The summed E-state index contributed by atoms with van der Waals surface area (Å²) in [4.78, 5) is 59.8. The topological polar surface area (TPSA) is 168 Å². The van der Waals surface area contributed by atoms with E-state index < -0.39 is 47.3 Å². The predicted molar refractivity (Wildman–Crippen MR) is 151 cm³/mol. The van der Waals surface area contributed by atoms with Crippen LogP contribution in [0.15, 0.2) is 18.3 Å². The molecule has 41 heavy (non-hydrogen) atoms. The van der Waals surface area contributed by atoms with Crippen LogP contribution in [0, 0.1) is 5.41 Å². The minimum Gasteiger partial charge on any atom is -0.465 e. The van der Waals surface area contributed by atoms with E-state index in [0.717, 1.165) is 18.9 Å². The summed E-state index contributed by atoms with van der Waals surface area (Å²) in [7, 11) is 1.34. The fourth-order valence-electron chi connectivity index (χ4n) is 5.55. The number of esters is 1. The molecule has 13 heteroatoms. The molecule has 5 atom stereocenters. The van der Waals surface area contributed by atoms with E-state index in [1.54, 1.807) is 6.07 Å². The van der Waals surface area contributed by atoms with Gasteiger partial charge in [-0.25, -0.2) is 9.78 Å². The Morgan fingerprint density at radius 1 is 1.15 bits per heavy atom. The minimum atomic E-state index is -0.921. The highest BCUT2D eigenvalue weighted by Gasteiger charge is 2.43. The summed E-state index contributed by atoms with van der Waals surface area (Å²) in [5.74, 6) is -1.22. The van der Waals surface area contributed by atoms with E-state index in [1.807, 2.05) is 26.8 Å². The molecule has 1 unspecified atom stereocenters. The van der Waals surface area contributed by atoms with Gasteiger partial charge in [-0.3, -0.25) is 19.3 Å². The zero-order valence-electron chi connectivity index (χ0n) is 24.8. The Balaban J connectivity index is 1.48. The number of methoxy groups -OCH3 is 1. The van der Waals surface area contributed by atoms with E-state index in [1.165, 1.54) is 18.2 Å². The van der Waals surface area contributed by atoms with Gasteiger partial charge >= 0.3 is 5.97 Å². The zero-order valence-corrected chi connectivity index (χ0v) is 24.8. The molecule has 0 aromatic carbocycles. The van der Waals surface area contributed by atoms with E-state index in [4.69, 9.17) is 15.2 Å². The van der Waals surface area contributed by atoms with Crippen LogP contribution in [-0.2, 0) is 23.9 Å². The maximum absolute atomic E-state index is 13.3. The number of piperazine rings is 1. The lowest BCUT2D eigenvalue weighted by molar-refractivity contribution is -0.144. The minimum absolute atomic E-state index is 0.00956. The second-order valence-electron chi connectivity index (χ2n) is 12.0. The van der Waals surface area contributed by atoms with Crippen LogP contribution in [0.1, 0.15) is 51.4 Å². The van der Waals surface area contributed by atoms with Crippen molar-refractivity contribution >= 4 is 29.5 Å². The molecule has 4 N–H and O–H groups in total. The predicted octanol–water partition coefficient (Wildman–Crippen LogP) is -0.238. The quantitative estimate of drug-likeness (QED) is 0.250. The maximum Gasteiger partial charge on any atom is 0.339 e. The van der Waals surface area contributed by atoms with Gasteiger partial charge < -0.3 is 35.4 Å². The van der Waals surface area contributed by atoms with Crippen LogP contribution in [0.4, 0.5) is 5.82 Å².